The van der Waals surface area contributed by atoms with Gasteiger partial charge in [-0.3, -0.25) is 9.69 Å². The smallest absolute Gasteiger partial charge is 0.266 e. The van der Waals surface area contributed by atoms with Crippen LogP contribution in [0.15, 0.2) is 59.1 Å². The van der Waals surface area contributed by atoms with Crippen molar-refractivity contribution < 1.29 is 9.18 Å². The minimum atomic E-state index is -0.529. The van der Waals surface area contributed by atoms with Crippen LogP contribution in [0, 0.1) is 5.82 Å². The first-order chi connectivity index (χ1) is 11.6. The molecule has 2 aromatic rings. The number of amides is 1. The summed E-state index contributed by atoms with van der Waals surface area (Å²) in [4.78, 5) is 19.6. The highest BCUT2D eigenvalue weighted by Gasteiger charge is 2.32. The number of thioether (sulfide) groups is 1. The molecule has 1 aromatic heterocycles. The largest absolute Gasteiger partial charge is 0.283 e. The molecular weight excluding hydrogens is 367 g/mol. The first kappa shape index (κ1) is 17.0. The Bertz CT molecular complexity index is 846. The fraction of sp³-hybridized carbons (Fsp3) is 0.0588. The molecule has 1 aliphatic rings. The van der Waals surface area contributed by atoms with Gasteiger partial charge in [-0.1, -0.05) is 35.5 Å². The molecule has 3 nitrogen and oxygen atoms in total. The SMILES string of the molecule is C=CCSC1=NC(=Cc2cccs2)C(=O)N1c1ccc(F)c(Cl)c1. The molecule has 1 aliphatic heterocycles. The lowest BCUT2D eigenvalue weighted by Crippen LogP contribution is -2.30. The molecule has 0 aliphatic carbocycles. The number of amidine groups is 1. The Hall–Kier alpha value is -1.89. The van der Waals surface area contributed by atoms with Crippen molar-refractivity contribution in [1.29, 1.82) is 0 Å². The Morgan fingerprint density at radius 3 is 2.92 bits per heavy atom. The second kappa shape index (κ2) is 7.34. The molecule has 7 heteroatoms. The van der Waals surface area contributed by atoms with E-state index in [1.54, 1.807) is 12.2 Å². The van der Waals surface area contributed by atoms with Crippen LogP contribution in [0.4, 0.5) is 10.1 Å². The summed E-state index contributed by atoms with van der Waals surface area (Å²) in [6.45, 7) is 3.68. The number of nitrogens with zero attached hydrogens (tertiary/aromatic N) is 2. The average molecular weight is 379 g/mol. The Morgan fingerprint density at radius 1 is 1.42 bits per heavy atom. The summed E-state index contributed by atoms with van der Waals surface area (Å²) in [7, 11) is 0. The van der Waals surface area contributed by atoms with E-state index >= 15 is 0 Å². The van der Waals surface area contributed by atoms with Crippen molar-refractivity contribution in [3.8, 4) is 0 Å². The monoisotopic (exact) mass is 378 g/mol. The molecule has 0 atom stereocenters. The van der Waals surface area contributed by atoms with Gasteiger partial charge in [0.1, 0.15) is 11.5 Å². The Balaban J connectivity index is 2.00. The van der Waals surface area contributed by atoms with Crippen molar-refractivity contribution in [2.24, 2.45) is 4.99 Å². The highest BCUT2D eigenvalue weighted by Crippen LogP contribution is 2.32. The zero-order valence-electron chi connectivity index (χ0n) is 12.4. The predicted octanol–water partition coefficient (Wildman–Crippen LogP) is 5.20. The second-order valence-corrected chi connectivity index (χ2v) is 7.15. The fourth-order valence-corrected chi connectivity index (χ4v) is 3.66. The van der Waals surface area contributed by atoms with Gasteiger partial charge in [0.25, 0.3) is 5.91 Å². The molecular formula is C17H12ClFN2OS2. The van der Waals surface area contributed by atoms with Crippen molar-refractivity contribution in [1.82, 2.24) is 0 Å². The van der Waals surface area contributed by atoms with Gasteiger partial charge >= 0.3 is 0 Å². The van der Waals surface area contributed by atoms with Gasteiger partial charge < -0.3 is 0 Å². The normalized spacial score (nSPS) is 15.9. The van der Waals surface area contributed by atoms with Crippen LogP contribution in [0.1, 0.15) is 4.88 Å². The summed E-state index contributed by atoms with van der Waals surface area (Å²) in [6, 6.07) is 7.99. The van der Waals surface area contributed by atoms with Gasteiger partial charge in [0.2, 0.25) is 0 Å². The minimum absolute atomic E-state index is 0.0379. The second-order valence-electron chi connectivity index (χ2n) is 4.78. The maximum atomic E-state index is 13.4. The highest BCUT2D eigenvalue weighted by atomic mass is 35.5. The lowest BCUT2D eigenvalue weighted by molar-refractivity contribution is -0.113. The summed E-state index contributed by atoms with van der Waals surface area (Å²) in [5, 5.41) is 2.41. The van der Waals surface area contributed by atoms with Gasteiger partial charge in [-0.2, -0.15) is 0 Å². The van der Waals surface area contributed by atoms with Crippen LogP contribution in [-0.2, 0) is 4.79 Å². The molecule has 0 bridgehead atoms. The Kier molecular flexibility index (Phi) is 5.18. The molecule has 3 rings (SSSR count). The topological polar surface area (TPSA) is 32.7 Å². The molecule has 24 heavy (non-hydrogen) atoms. The van der Waals surface area contributed by atoms with E-state index in [-0.39, 0.29) is 10.9 Å². The zero-order valence-corrected chi connectivity index (χ0v) is 14.8. The third kappa shape index (κ3) is 3.45. The molecule has 1 aromatic carbocycles. The number of benzene rings is 1. The van der Waals surface area contributed by atoms with Crippen LogP contribution in [0.25, 0.3) is 6.08 Å². The van der Waals surface area contributed by atoms with E-state index in [0.29, 0.717) is 22.3 Å². The zero-order chi connectivity index (χ0) is 17.1. The maximum Gasteiger partial charge on any atom is 0.283 e. The van der Waals surface area contributed by atoms with Crippen molar-refractivity contribution in [3.63, 3.8) is 0 Å². The first-order valence-corrected chi connectivity index (χ1v) is 9.21. The molecule has 0 spiro atoms. The van der Waals surface area contributed by atoms with Crippen molar-refractivity contribution in [3.05, 3.63) is 69.8 Å². The van der Waals surface area contributed by atoms with Gasteiger partial charge in [-0.05, 0) is 35.7 Å². The van der Waals surface area contributed by atoms with Crippen LogP contribution in [0.2, 0.25) is 5.02 Å². The van der Waals surface area contributed by atoms with Gasteiger partial charge in [-0.15, -0.1) is 17.9 Å². The highest BCUT2D eigenvalue weighted by molar-refractivity contribution is 8.14. The van der Waals surface area contributed by atoms with E-state index in [1.165, 1.54) is 46.2 Å². The Morgan fingerprint density at radius 2 is 2.25 bits per heavy atom. The number of carbonyl (C=O) groups excluding carboxylic acids is 1. The lowest BCUT2D eigenvalue weighted by Gasteiger charge is -2.17. The van der Waals surface area contributed by atoms with Gasteiger partial charge in [-0.25, -0.2) is 9.38 Å². The van der Waals surface area contributed by atoms with Crippen LogP contribution < -0.4 is 4.90 Å². The van der Waals surface area contributed by atoms with Crippen LogP contribution >= 0.6 is 34.7 Å². The molecule has 1 amide bonds. The molecule has 0 unspecified atom stereocenters. The number of carbonyl (C=O) groups is 1. The van der Waals surface area contributed by atoms with Gasteiger partial charge in [0.05, 0.1) is 10.7 Å². The van der Waals surface area contributed by atoms with Crippen LogP contribution in [0.5, 0.6) is 0 Å². The molecule has 0 saturated heterocycles. The molecule has 2 heterocycles. The fourth-order valence-electron chi connectivity index (χ4n) is 2.09. The molecule has 122 valence electrons. The maximum absolute atomic E-state index is 13.4. The standard InChI is InChI=1S/C17H12ClFN2OS2/c1-2-7-24-17-20-15(10-12-4-3-8-23-12)16(22)21(17)11-5-6-14(19)13(18)9-11/h2-6,8-10H,1,7H2. The summed E-state index contributed by atoms with van der Waals surface area (Å²) in [6.07, 6.45) is 3.47. The van der Waals surface area contributed by atoms with Crippen LogP contribution in [-0.4, -0.2) is 16.8 Å². The average Bonchev–Trinajstić information content (AvgIpc) is 3.17. The minimum Gasteiger partial charge on any atom is -0.266 e. The summed E-state index contributed by atoms with van der Waals surface area (Å²) < 4.78 is 13.4. The third-order valence-electron chi connectivity index (χ3n) is 3.14. The quantitative estimate of drug-likeness (QED) is 0.540. The lowest BCUT2D eigenvalue weighted by atomic mass is 10.2. The van der Waals surface area contributed by atoms with Crippen molar-refractivity contribution >= 4 is 57.5 Å². The van der Waals surface area contributed by atoms with E-state index < -0.39 is 5.82 Å². The Labute approximate surface area is 152 Å². The van der Waals surface area contributed by atoms with Gasteiger partial charge in [0.15, 0.2) is 5.17 Å². The number of halogens is 2. The van der Waals surface area contributed by atoms with E-state index in [9.17, 15) is 9.18 Å². The molecule has 0 saturated carbocycles. The molecule has 0 fully saturated rings. The number of thiophene rings is 1. The molecule has 0 N–H and O–H groups in total. The third-order valence-corrected chi connectivity index (χ3v) is 5.19. The van der Waals surface area contributed by atoms with Crippen molar-refractivity contribution in [2.45, 2.75) is 0 Å². The molecule has 0 radical (unpaired) electrons. The van der Waals surface area contributed by atoms with Crippen molar-refractivity contribution in [2.75, 3.05) is 10.7 Å². The summed E-state index contributed by atoms with van der Waals surface area (Å²) in [5.74, 6) is -0.194. The van der Waals surface area contributed by atoms with Gasteiger partial charge in [0, 0.05) is 10.6 Å². The first-order valence-electron chi connectivity index (χ1n) is 6.97. The van der Waals surface area contributed by atoms with E-state index in [1.807, 2.05) is 17.5 Å². The number of hydrogen-bond donors (Lipinski definition) is 0. The van der Waals surface area contributed by atoms with E-state index in [4.69, 9.17) is 11.6 Å². The summed E-state index contributed by atoms with van der Waals surface area (Å²) >= 11 is 8.76. The predicted molar refractivity (Wildman–Crippen MR) is 101 cm³/mol. The number of aliphatic imine (C=N–C) groups is 1. The number of rotatable bonds is 4. The summed E-state index contributed by atoms with van der Waals surface area (Å²) in [5.41, 5.74) is 0.820. The van der Waals surface area contributed by atoms with E-state index in [0.717, 1.165) is 4.88 Å². The number of hydrogen-bond acceptors (Lipinski definition) is 4. The van der Waals surface area contributed by atoms with E-state index in [2.05, 4.69) is 11.6 Å². The van der Waals surface area contributed by atoms with Crippen LogP contribution in [0.3, 0.4) is 0 Å². The number of anilines is 1.